The van der Waals surface area contributed by atoms with E-state index in [1.807, 2.05) is 64.2 Å². The number of amides is 1. The molecule has 5 rings (SSSR count). The Morgan fingerprint density at radius 1 is 1.00 bits per heavy atom. The molecule has 1 aromatic heterocycles. The highest BCUT2D eigenvalue weighted by Crippen LogP contribution is 2.40. The van der Waals surface area contributed by atoms with Gasteiger partial charge in [-0.1, -0.05) is 45.9 Å². The smallest absolute Gasteiger partial charge is 0.408 e. The molecule has 1 aromatic carbocycles. The molecule has 0 radical (unpaired) electrons. The van der Waals surface area contributed by atoms with Gasteiger partial charge in [0.05, 0.1) is 36.0 Å². The molecule has 0 spiro atoms. The zero-order valence-electron chi connectivity index (χ0n) is 36.0. The Morgan fingerprint density at radius 3 is 2.43 bits per heavy atom. The molecule has 3 saturated heterocycles. The minimum atomic E-state index is -1.37. The third-order valence-corrected chi connectivity index (χ3v) is 12.7. The lowest BCUT2D eigenvalue weighted by atomic mass is 9.73. The normalized spacial score (nSPS) is 36.6. The molecule has 2 aromatic rings. The number of cyclic esters (lactones) is 1. The van der Waals surface area contributed by atoms with Gasteiger partial charge in [0.15, 0.2) is 17.7 Å². The molecule has 0 bridgehead atoms. The van der Waals surface area contributed by atoms with Gasteiger partial charge in [-0.25, -0.2) is 4.79 Å². The van der Waals surface area contributed by atoms with Gasteiger partial charge in [0, 0.05) is 41.9 Å². The number of aryl methyl sites for hydroxylation is 1. The van der Waals surface area contributed by atoms with Crippen LogP contribution in [-0.4, -0.2) is 126 Å². The first-order valence-electron chi connectivity index (χ1n) is 21.0. The number of ketones is 2. The predicted octanol–water partition coefficient (Wildman–Crippen LogP) is 4.62. The number of pyridine rings is 1. The summed E-state index contributed by atoms with van der Waals surface area (Å²) in [5.41, 5.74) is -0.483. The van der Waals surface area contributed by atoms with Gasteiger partial charge in [0.1, 0.15) is 23.9 Å². The zero-order chi connectivity index (χ0) is 42.5. The number of alkyl carbamates (subject to hydrolysis) is 1. The third kappa shape index (κ3) is 9.90. The van der Waals surface area contributed by atoms with Crippen LogP contribution in [0.1, 0.15) is 86.6 Å². The number of aromatic nitrogens is 1. The number of fused-ring (bicyclic) bond motifs is 2. The molecule has 0 unspecified atom stereocenters. The number of benzene rings is 1. The van der Waals surface area contributed by atoms with Crippen LogP contribution in [0.5, 0.6) is 0 Å². The van der Waals surface area contributed by atoms with E-state index in [0.717, 1.165) is 30.3 Å². The number of ether oxygens (including phenoxy) is 5. The summed E-state index contributed by atoms with van der Waals surface area (Å²) in [6.45, 7) is 15.3. The van der Waals surface area contributed by atoms with Crippen LogP contribution in [0.3, 0.4) is 0 Å². The Bertz CT molecular complexity index is 1750. The highest BCUT2D eigenvalue weighted by Gasteiger charge is 2.57. The molecule has 3 fully saturated rings. The summed E-state index contributed by atoms with van der Waals surface area (Å²) < 4.78 is 31.5. The van der Waals surface area contributed by atoms with Gasteiger partial charge in [0.2, 0.25) is 0 Å². The quantitative estimate of drug-likeness (QED) is 0.154. The van der Waals surface area contributed by atoms with Crippen LogP contribution in [0.25, 0.3) is 10.9 Å². The number of esters is 1. The van der Waals surface area contributed by atoms with Gasteiger partial charge in [-0.15, -0.1) is 0 Å². The van der Waals surface area contributed by atoms with E-state index in [1.165, 1.54) is 12.5 Å². The van der Waals surface area contributed by atoms with Gasteiger partial charge < -0.3 is 44.3 Å². The van der Waals surface area contributed by atoms with Crippen LogP contribution in [0.15, 0.2) is 36.5 Å². The van der Waals surface area contributed by atoms with Crippen molar-refractivity contribution in [2.75, 3.05) is 33.8 Å². The van der Waals surface area contributed by atoms with Crippen LogP contribution in [0.2, 0.25) is 0 Å². The minimum Gasteiger partial charge on any atom is -0.458 e. The van der Waals surface area contributed by atoms with Crippen molar-refractivity contribution in [2.45, 2.75) is 141 Å². The number of aliphatic hydroxyl groups is 1. The van der Waals surface area contributed by atoms with E-state index in [0.29, 0.717) is 13.0 Å². The number of nitrogens with one attached hydrogen (secondary N) is 2. The maximum atomic E-state index is 14.5. The van der Waals surface area contributed by atoms with Gasteiger partial charge >= 0.3 is 12.1 Å². The van der Waals surface area contributed by atoms with Crippen LogP contribution < -0.4 is 10.6 Å². The largest absolute Gasteiger partial charge is 0.458 e. The Balaban J connectivity index is 1.43. The summed E-state index contributed by atoms with van der Waals surface area (Å²) in [6, 6.07) is 9.04. The van der Waals surface area contributed by atoms with Crippen molar-refractivity contribution in [1.82, 2.24) is 20.5 Å². The Morgan fingerprint density at radius 2 is 1.72 bits per heavy atom. The summed E-state index contributed by atoms with van der Waals surface area (Å²) in [7, 11) is 3.76. The van der Waals surface area contributed by atoms with E-state index in [9.17, 15) is 24.3 Å². The second kappa shape index (κ2) is 19.2. The number of nitrogens with zero attached hydrogens (tertiary/aromatic N) is 2. The second-order valence-corrected chi connectivity index (χ2v) is 17.4. The number of rotatable bonds is 12. The fourth-order valence-corrected chi connectivity index (χ4v) is 9.38. The molecule has 3 N–H and O–H groups in total. The van der Waals surface area contributed by atoms with E-state index in [4.69, 9.17) is 23.7 Å². The molecule has 0 saturated carbocycles. The maximum Gasteiger partial charge on any atom is 0.408 e. The van der Waals surface area contributed by atoms with Crippen molar-refractivity contribution >= 4 is 34.5 Å². The monoisotopic (exact) mass is 810 g/mol. The van der Waals surface area contributed by atoms with Crippen molar-refractivity contribution in [1.29, 1.82) is 0 Å². The summed E-state index contributed by atoms with van der Waals surface area (Å²) in [4.78, 5) is 61.9. The first kappa shape index (κ1) is 45.6. The van der Waals surface area contributed by atoms with E-state index < -0.39 is 83.4 Å². The fraction of sp³-hybridized carbons (Fsp3) is 0.705. The van der Waals surface area contributed by atoms with Crippen LogP contribution >= 0.6 is 0 Å². The molecule has 13 atom stereocenters. The number of para-hydroxylation sites is 1. The zero-order valence-corrected chi connectivity index (χ0v) is 36.0. The number of carbonyl (C=O) groups is 4. The van der Waals surface area contributed by atoms with Crippen molar-refractivity contribution in [3.05, 3.63) is 42.1 Å². The molecule has 58 heavy (non-hydrogen) atoms. The summed E-state index contributed by atoms with van der Waals surface area (Å²) >= 11 is 0. The summed E-state index contributed by atoms with van der Waals surface area (Å²) in [5.74, 6) is -5.00. The number of carbonyl (C=O) groups excluding carboxylic acids is 4. The van der Waals surface area contributed by atoms with E-state index in [2.05, 4.69) is 27.8 Å². The summed E-state index contributed by atoms with van der Waals surface area (Å²) in [5, 5.41) is 19.0. The van der Waals surface area contributed by atoms with Gasteiger partial charge in [0.25, 0.3) is 0 Å². The van der Waals surface area contributed by atoms with E-state index in [-0.39, 0.29) is 37.4 Å². The van der Waals surface area contributed by atoms with E-state index >= 15 is 0 Å². The number of likely N-dealkylation sites (N-methyl/N-ethyl adjacent to an activating group) is 1. The second-order valence-electron chi connectivity index (χ2n) is 17.4. The Hall–Kier alpha value is -3.53. The predicted molar refractivity (Wildman–Crippen MR) is 218 cm³/mol. The molecule has 14 nitrogen and oxygen atoms in total. The molecule has 3 aliphatic heterocycles. The average molecular weight is 811 g/mol. The van der Waals surface area contributed by atoms with Gasteiger partial charge in [-0.2, -0.15) is 0 Å². The lowest BCUT2D eigenvalue weighted by Crippen LogP contribution is -2.60. The molecule has 0 aliphatic carbocycles. The lowest BCUT2D eigenvalue weighted by Gasteiger charge is -2.47. The fourth-order valence-electron chi connectivity index (χ4n) is 9.38. The maximum absolute atomic E-state index is 14.5. The highest BCUT2D eigenvalue weighted by atomic mass is 16.7. The number of hydrogen-bond donors (Lipinski definition) is 3. The van der Waals surface area contributed by atoms with Crippen molar-refractivity contribution < 1.29 is 48.0 Å². The number of aliphatic hydroxyl groups excluding tert-OH is 1. The number of hydrogen-bond acceptors (Lipinski definition) is 13. The molecule has 322 valence electrons. The summed E-state index contributed by atoms with van der Waals surface area (Å²) in [6.07, 6.45) is -0.657. The first-order chi connectivity index (χ1) is 27.4. The average Bonchev–Trinajstić information content (AvgIpc) is 3.51. The van der Waals surface area contributed by atoms with Crippen LogP contribution in [-0.2, 0) is 44.5 Å². The van der Waals surface area contributed by atoms with E-state index in [1.54, 1.807) is 27.7 Å². The molecule has 3 aliphatic rings. The van der Waals surface area contributed by atoms with Crippen LogP contribution in [0.4, 0.5) is 4.79 Å². The highest BCUT2D eigenvalue weighted by molar-refractivity contribution is 6.00. The SMILES string of the molecule is CC[C@H]1OC(=O)[C@H](C)C(=O)[C@H](C)[C@@H](O[C@@H]2O[C@H](C)C[C@H](N(C)C)[C@H]2O)[C@](C)(OCCNCCCc2ccnc3ccccc23)C[C@@H](C)C(=O)[C@H](C)[C@H]2NC(=O)O[C@@]21C. The molecule has 14 heteroatoms. The molecular formula is C44H66N4O10. The van der Waals surface area contributed by atoms with Crippen molar-refractivity contribution in [3.63, 3.8) is 0 Å². The molecule has 4 heterocycles. The lowest BCUT2D eigenvalue weighted by molar-refractivity contribution is -0.297. The van der Waals surface area contributed by atoms with Gasteiger partial charge in [-0.3, -0.25) is 19.4 Å². The van der Waals surface area contributed by atoms with Crippen molar-refractivity contribution in [3.8, 4) is 0 Å². The van der Waals surface area contributed by atoms with Gasteiger partial charge in [-0.05, 0) is 98.1 Å². The molecule has 1 amide bonds. The standard InChI is InChI=1S/C44H66N4O10/c1-11-34-44(8)38(47-42(53)58-44)27(4)35(49)25(2)24-43(7,54-22-21-45-19-14-15-30-18-20-46-32-17-13-12-16-31(30)32)39(28(5)36(50)29(6)40(52)56-34)57-41-37(51)33(48(9)10)23-26(3)55-41/h12-13,16-18,20,25-29,33-34,37-39,41,45,51H,11,14-15,19,21-24H2,1-10H3,(H,47,53)/t25-,26-,27+,28+,29-,33+,34-,37-,38-,39-,41+,43-,44-/m1/s1. The third-order valence-electron chi connectivity index (χ3n) is 12.7. The topological polar surface area (TPSA) is 175 Å². The first-order valence-corrected chi connectivity index (χ1v) is 21.0. The molecular weight excluding hydrogens is 745 g/mol. The van der Waals surface area contributed by atoms with Crippen molar-refractivity contribution in [2.24, 2.45) is 23.7 Å². The number of Topliss-reactive ketones (excluding diaryl/α,β-unsaturated/α-hetero) is 2. The Labute approximate surface area is 343 Å². The van der Waals surface area contributed by atoms with Crippen LogP contribution in [0, 0.1) is 23.7 Å². The Kier molecular flexibility index (Phi) is 15.1. The minimum absolute atomic E-state index is 0.122.